The molecule has 0 atom stereocenters. The standard InChI is InChI=1S/C25H28N6O3/c1-3-30-20-6-4-5-7-21(20)31(25(30)33)17-23(32)29-14-12-28(13-15-29)16-22-26-24(27-34-22)19-10-8-18(2)9-11-19/h4-11H,3,12-17H2,1-2H3. The van der Waals surface area contributed by atoms with Crippen LogP contribution in [0.2, 0.25) is 0 Å². The summed E-state index contributed by atoms with van der Waals surface area (Å²) in [4.78, 5) is 34.4. The number of hydrogen-bond acceptors (Lipinski definition) is 6. The molecule has 0 N–H and O–H groups in total. The Morgan fingerprint density at radius 3 is 2.32 bits per heavy atom. The van der Waals surface area contributed by atoms with Gasteiger partial charge >= 0.3 is 5.69 Å². The number of imidazole rings is 1. The van der Waals surface area contributed by atoms with Crippen molar-refractivity contribution >= 4 is 16.9 Å². The molecule has 0 unspecified atom stereocenters. The number of para-hydroxylation sites is 2. The van der Waals surface area contributed by atoms with E-state index in [1.807, 2.05) is 67.3 Å². The van der Waals surface area contributed by atoms with Crippen molar-refractivity contribution in [2.45, 2.75) is 33.5 Å². The number of carbonyl (C=O) groups is 1. The van der Waals surface area contributed by atoms with Crippen molar-refractivity contribution in [2.75, 3.05) is 26.2 Å². The van der Waals surface area contributed by atoms with Gasteiger partial charge in [0, 0.05) is 38.3 Å². The third-order valence-corrected chi connectivity index (χ3v) is 6.40. The Morgan fingerprint density at radius 2 is 1.65 bits per heavy atom. The molecule has 176 valence electrons. The highest BCUT2D eigenvalue weighted by Gasteiger charge is 2.24. The van der Waals surface area contributed by atoms with Gasteiger partial charge in [-0.1, -0.05) is 47.1 Å². The van der Waals surface area contributed by atoms with Gasteiger partial charge in [0.1, 0.15) is 6.54 Å². The van der Waals surface area contributed by atoms with E-state index in [2.05, 4.69) is 15.0 Å². The summed E-state index contributed by atoms with van der Waals surface area (Å²) in [6.07, 6.45) is 0. The lowest BCUT2D eigenvalue weighted by Gasteiger charge is -2.34. The Labute approximate surface area is 197 Å². The zero-order valence-electron chi connectivity index (χ0n) is 19.5. The molecule has 4 aromatic rings. The van der Waals surface area contributed by atoms with Crippen molar-refractivity contribution in [1.29, 1.82) is 0 Å². The summed E-state index contributed by atoms with van der Waals surface area (Å²) in [5.74, 6) is 1.11. The van der Waals surface area contributed by atoms with Gasteiger partial charge in [0.2, 0.25) is 17.6 Å². The predicted octanol–water partition coefficient (Wildman–Crippen LogP) is 2.53. The molecule has 34 heavy (non-hydrogen) atoms. The van der Waals surface area contributed by atoms with Crippen LogP contribution in [-0.2, 0) is 24.4 Å². The van der Waals surface area contributed by atoms with Gasteiger partial charge in [-0.2, -0.15) is 4.98 Å². The summed E-state index contributed by atoms with van der Waals surface area (Å²) < 4.78 is 8.73. The monoisotopic (exact) mass is 460 g/mol. The van der Waals surface area contributed by atoms with Crippen LogP contribution in [0.5, 0.6) is 0 Å². The maximum absolute atomic E-state index is 13.0. The van der Waals surface area contributed by atoms with Crippen LogP contribution in [0.15, 0.2) is 57.8 Å². The minimum absolute atomic E-state index is 0.0415. The van der Waals surface area contributed by atoms with Crippen LogP contribution in [0.4, 0.5) is 0 Å². The topological polar surface area (TPSA) is 89.4 Å². The molecule has 0 aliphatic carbocycles. The quantitative estimate of drug-likeness (QED) is 0.439. The van der Waals surface area contributed by atoms with Crippen molar-refractivity contribution in [1.82, 2.24) is 29.1 Å². The Kier molecular flexibility index (Phi) is 6.02. The van der Waals surface area contributed by atoms with E-state index in [4.69, 9.17) is 4.52 Å². The minimum atomic E-state index is -0.142. The fraction of sp³-hybridized carbons (Fsp3) is 0.360. The molecule has 0 saturated carbocycles. The van der Waals surface area contributed by atoms with E-state index in [9.17, 15) is 9.59 Å². The molecule has 2 aromatic heterocycles. The Bertz CT molecular complexity index is 1360. The molecule has 9 nitrogen and oxygen atoms in total. The number of carbonyl (C=O) groups excluding carboxylic acids is 1. The van der Waals surface area contributed by atoms with Gasteiger partial charge in [-0.3, -0.25) is 18.8 Å². The van der Waals surface area contributed by atoms with Crippen LogP contribution in [-0.4, -0.2) is 61.2 Å². The normalized spacial score (nSPS) is 14.7. The number of benzene rings is 2. The molecule has 9 heteroatoms. The number of aryl methyl sites for hydroxylation is 2. The summed E-state index contributed by atoms with van der Waals surface area (Å²) in [7, 11) is 0. The Hall–Kier alpha value is -3.72. The first-order chi connectivity index (χ1) is 16.5. The number of hydrogen-bond donors (Lipinski definition) is 0. The maximum Gasteiger partial charge on any atom is 0.329 e. The fourth-order valence-corrected chi connectivity index (χ4v) is 4.45. The van der Waals surface area contributed by atoms with Crippen LogP contribution in [0.25, 0.3) is 22.4 Å². The molecule has 1 aliphatic heterocycles. The second-order valence-electron chi connectivity index (χ2n) is 8.64. The Morgan fingerprint density at radius 1 is 0.971 bits per heavy atom. The van der Waals surface area contributed by atoms with E-state index in [0.29, 0.717) is 51.0 Å². The first-order valence-electron chi connectivity index (χ1n) is 11.6. The first kappa shape index (κ1) is 22.1. The van der Waals surface area contributed by atoms with Crippen molar-refractivity contribution < 1.29 is 9.32 Å². The number of fused-ring (bicyclic) bond motifs is 1. The first-order valence-corrected chi connectivity index (χ1v) is 11.6. The van der Waals surface area contributed by atoms with Crippen LogP contribution < -0.4 is 5.69 Å². The molecule has 1 fully saturated rings. The van der Waals surface area contributed by atoms with Crippen LogP contribution in [0.1, 0.15) is 18.4 Å². The van der Waals surface area contributed by atoms with Gasteiger partial charge in [-0.25, -0.2) is 4.79 Å². The number of piperazine rings is 1. The summed E-state index contributed by atoms with van der Waals surface area (Å²) in [5, 5.41) is 4.10. The van der Waals surface area contributed by atoms with Crippen molar-refractivity contribution in [3.8, 4) is 11.4 Å². The van der Waals surface area contributed by atoms with Gasteiger partial charge < -0.3 is 9.42 Å². The molecule has 1 aliphatic rings. The largest absolute Gasteiger partial charge is 0.339 e. The second kappa shape index (κ2) is 9.26. The van der Waals surface area contributed by atoms with Crippen LogP contribution in [0.3, 0.4) is 0 Å². The summed E-state index contributed by atoms with van der Waals surface area (Å²) >= 11 is 0. The van der Waals surface area contributed by atoms with E-state index in [0.717, 1.165) is 16.6 Å². The van der Waals surface area contributed by atoms with E-state index in [-0.39, 0.29) is 18.1 Å². The van der Waals surface area contributed by atoms with Gasteiger partial charge in [0.25, 0.3) is 0 Å². The average Bonchev–Trinajstić information content (AvgIpc) is 3.42. The number of rotatable bonds is 6. The molecule has 0 bridgehead atoms. The number of nitrogens with zero attached hydrogens (tertiary/aromatic N) is 6. The van der Waals surface area contributed by atoms with Gasteiger partial charge in [-0.05, 0) is 26.0 Å². The highest BCUT2D eigenvalue weighted by atomic mass is 16.5. The molecule has 0 spiro atoms. The summed E-state index contributed by atoms with van der Waals surface area (Å²) in [6.45, 7) is 7.75. The lowest BCUT2D eigenvalue weighted by Crippen LogP contribution is -2.49. The third-order valence-electron chi connectivity index (χ3n) is 6.40. The number of aromatic nitrogens is 4. The molecular formula is C25H28N6O3. The maximum atomic E-state index is 13.0. The molecule has 5 rings (SSSR count). The number of amides is 1. The van der Waals surface area contributed by atoms with E-state index >= 15 is 0 Å². The SMILES string of the molecule is CCn1c(=O)n(CC(=O)N2CCN(Cc3nc(-c4ccc(C)cc4)no3)CC2)c2ccccc21. The highest BCUT2D eigenvalue weighted by molar-refractivity contribution is 5.81. The molecule has 3 heterocycles. The van der Waals surface area contributed by atoms with Crippen molar-refractivity contribution in [3.05, 3.63) is 70.5 Å². The highest BCUT2D eigenvalue weighted by Crippen LogP contribution is 2.18. The molecule has 1 amide bonds. The van der Waals surface area contributed by atoms with Gasteiger partial charge in [-0.15, -0.1) is 0 Å². The molecular weight excluding hydrogens is 432 g/mol. The van der Waals surface area contributed by atoms with Crippen LogP contribution in [0, 0.1) is 6.92 Å². The third kappa shape index (κ3) is 4.26. The summed E-state index contributed by atoms with van der Waals surface area (Å²) in [5.41, 5.74) is 3.62. The molecule has 0 radical (unpaired) electrons. The minimum Gasteiger partial charge on any atom is -0.339 e. The zero-order valence-corrected chi connectivity index (χ0v) is 19.5. The van der Waals surface area contributed by atoms with Crippen molar-refractivity contribution in [3.63, 3.8) is 0 Å². The smallest absolute Gasteiger partial charge is 0.329 e. The summed E-state index contributed by atoms with van der Waals surface area (Å²) in [6, 6.07) is 15.6. The van der Waals surface area contributed by atoms with Crippen LogP contribution >= 0.6 is 0 Å². The van der Waals surface area contributed by atoms with Gasteiger partial charge in [0.15, 0.2) is 0 Å². The van der Waals surface area contributed by atoms with Gasteiger partial charge in [0.05, 0.1) is 17.6 Å². The Balaban J connectivity index is 1.20. The fourth-order valence-electron chi connectivity index (χ4n) is 4.45. The van der Waals surface area contributed by atoms with Crippen molar-refractivity contribution in [2.24, 2.45) is 0 Å². The average molecular weight is 461 g/mol. The second-order valence-corrected chi connectivity index (χ2v) is 8.64. The van der Waals surface area contributed by atoms with E-state index < -0.39 is 0 Å². The zero-order chi connectivity index (χ0) is 23.7. The predicted molar refractivity (Wildman–Crippen MR) is 128 cm³/mol. The van der Waals surface area contributed by atoms with E-state index in [1.54, 1.807) is 9.13 Å². The molecule has 1 saturated heterocycles. The van der Waals surface area contributed by atoms with E-state index in [1.165, 1.54) is 5.56 Å². The lowest BCUT2D eigenvalue weighted by atomic mass is 10.1. The molecule has 2 aromatic carbocycles. The lowest BCUT2D eigenvalue weighted by molar-refractivity contribution is -0.133.